The molecule has 0 unspecified atom stereocenters. The minimum atomic E-state index is 0.523. The van der Waals surface area contributed by atoms with Gasteiger partial charge in [-0.1, -0.05) is 18.2 Å². The molecular weight excluding hydrogens is 158 g/mol. The first-order chi connectivity index (χ1) is 5.27. The average Bonchev–Trinajstić information content (AvgIpc) is 2.32. The Kier molecular flexibility index (Phi) is 1.22. The highest BCUT2D eigenvalue weighted by Gasteiger charge is 1.97. The summed E-state index contributed by atoms with van der Waals surface area (Å²) in [6.07, 6.45) is 0. The van der Waals surface area contributed by atoms with Crippen LogP contribution in [0.4, 0.5) is 5.82 Å². The minimum Gasteiger partial charge on any atom is -0.780 e. The van der Waals surface area contributed by atoms with Gasteiger partial charge in [0.2, 0.25) is 0 Å². The third-order valence-corrected chi connectivity index (χ3v) is 1.82. The second-order valence-electron chi connectivity index (χ2n) is 2.32. The van der Waals surface area contributed by atoms with Crippen molar-refractivity contribution in [3.05, 3.63) is 18.2 Å². The third kappa shape index (κ3) is 0.914. The molecule has 1 aromatic carbocycles. The number of H-pyrrole nitrogens is 1. The molecule has 0 aliphatic rings. The normalized spacial score (nSPS) is 10.5. The minimum absolute atomic E-state index is 0.523. The smallest absolute Gasteiger partial charge is 0.153 e. The topological polar surface area (TPSA) is 54.7 Å². The van der Waals surface area contributed by atoms with Crippen molar-refractivity contribution in [3.8, 4) is 0 Å². The maximum absolute atomic E-state index is 5.55. The van der Waals surface area contributed by atoms with Crippen LogP contribution < -0.4 is 5.73 Å². The molecule has 0 fully saturated rings. The molecule has 0 bridgehead atoms. The average molecular weight is 164 g/mol. The van der Waals surface area contributed by atoms with Gasteiger partial charge in [0.05, 0.1) is 5.52 Å². The molecule has 0 saturated heterocycles. The number of hydrogen-bond donors (Lipinski definition) is 2. The fourth-order valence-corrected chi connectivity index (χ4v) is 1.21. The van der Waals surface area contributed by atoms with Gasteiger partial charge in [-0.25, -0.2) is 0 Å². The number of nitrogen functional groups attached to an aromatic ring is 1. The number of nitrogens with one attached hydrogen (secondary N) is 1. The van der Waals surface area contributed by atoms with Crippen molar-refractivity contribution in [2.45, 2.75) is 4.90 Å². The molecule has 11 heavy (non-hydrogen) atoms. The molecule has 2 aromatic rings. The second kappa shape index (κ2) is 2.10. The maximum atomic E-state index is 5.55. The number of fused-ring (bicyclic) bond motifs is 1. The zero-order valence-electron chi connectivity index (χ0n) is 5.66. The molecule has 56 valence electrons. The molecular formula is C7H6N3S-. The third-order valence-electron chi connectivity index (χ3n) is 1.56. The highest BCUT2D eigenvalue weighted by atomic mass is 32.1. The molecule has 2 rings (SSSR count). The van der Waals surface area contributed by atoms with Crippen LogP contribution in [0.3, 0.4) is 0 Å². The zero-order valence-corrected chi connectivity index (χ0v) is 6.48. The van der Waals surface area contributed by atoms with Gasteiger partial charge in [0.15, 0.2) is 5.82 Å². The van der Waals surface area contributed by atoms with Gasteiger partial charge >= 0.3 is 0 Å². The Hall–Kier alpha value is -1.29. The van der Waals surface area contributed by atoms with Crippen LogP contribution in [-0.4, -0.2) is 10.2 Å². The van der Waals surface area contributed by atoms with Crippen LogP contribution in [-0.2, 0) is 12.6 Å². The number of aromatic nitrogens is 2. The predicted octanol–water partition coefficient (Wildman–Crippen LogP) is 1.05. The fourth-order valence-electron chi connectivity index (χ4n) is 1.02. The number of nitrogens with zero attached hydrogens (tertiary/aromatic N) is 1. The number of aromatic amines is 1. The van der Waals surface area contributed by atoms with E-state index in [0.29, 0.717) is 5.82 Å². The zero-order chi connectivity index (χ0) is 7.84. The van der Waals surface area contributed by atoms with E-state index in [1.54, 1.807) is 0 Å². The Morgan fingerprint density at radius 1 is 1.45 bits per heavy atom. The Bertz CT molecular complexity index is 393. The summed E-state index contributed by atoms with van der Waals surface area (Å²) in [4.78, 5) is 0.793. The number of anilines is 1. The van der Waals surface area contributed by atoms with Gasteiger partial charge in [0.25, 0.3) is 0 Å². The van der Waals surface area contributed by atoms with E-state index in [2.05, 4.69) is 10.2 Å². The summed E-state index contributed by atoms with van der Waals surface area (Å²) in [7, 11) is 0. The first kappa shape index (κ1) is 6.42. The highest BCUT2D eigenvalue weighted by Crippen LogP contribution is 2.18. The first-order valence-electron chi connectivity index (χ1n) is 3.18. The molecule has 0 amide bonds. The van der Waals surface area contributed by atoms with Crippen LogP contribution in [0.1, 0.15) is 0 Å². The van der Waals surface area contributed by atoms with E-state index < -0.39 is 0 Å². The maximum Gasteiger partial charge on any atom is 0.153 e. The van der Waals surface area contributed by atoms with Crippen LogP contribution in [0.2, 0.25) is 0 Å². The fraction of sp³-hybridized carbons (Fsp3) is 0. The van der Waals surface area contributed by atoms with Crippen LogP contribution in [0, 0.1) is 0 Å². The monoisotopic (exact) mass is 164 g/mol. The first-order valence-corrected chi connectivity index (χ1v) is 3.59. The molecule has 1 heterocycles. The van der Waals surface area contributed by atoms with Gasteiger partial charge in [-0.3, -0.25) is 5.10 Å². The van der Waals surface area contributed by atoms with E-state index in [1.165, 1.54) is 0 Å². The number of benzene rings is 1. The SMILES string of the molecule is Nc1n[nH]c2cc([S-])ccc12. The van der Waals surface area contributed by atoms with Crippen LogP contribution in [0.15, 0.2) is 23.1 Å². The van der Waals surface area contributed by atoms with Gasteiger partial charge in [-0.15, -0.1) is 0 Å². The molecule has 1 aromatic heterocycles. The van der Waals surface area contributed by atoms with Crippen LogP contribution in [0.5, 0.6) is 0 Å². The number of rotatable bonds is 0. The lowest BCUT2D eigenvalue weighted by atomic mass is 10.2. The van der Waals surface area contributed by atoms with Gasteiger partial charge in [-0.2, -0.15) is 9.99 Å². The second-order valence-corrected chi connectivity index (χ2v) is 2.79. The van der Waals surface area contributed by atoms with E-state index in [-0.39, 0.29) is 0 Å². The Morgan fingerprint density at radius 3 is 3.09 bits per heavy atom. The Labute approximate surface area is 69.0 Å². The highest BCUT2D eigenvalue weighted by molar-refractivity contribution is 7.58. The van der Waals surface area contributed by atoms with E-state index >= 15 is 0 Å². The summed E-state index contributed by atoms with van der Waals surface area (Å²) < 4.78 is 0. The molecule has 0 spiro atoms. The lowest BCUT2D eigenvalue weighted by Gasteiger charge is -2.02. The van der Waals surface area contributed by atoms with E-state index in [4.69, 9.17) is 18.4 Å². The molecule has 0 saturated carbocycles. The van der Waals surface area contributed by atoms with Crippen molar-refractivity contribution in [1.29, 1.82) is 0 Å². The van der Waals surface area contributed by atoms with Crippen molar-refractivity contribution < 1.29 is 0 Å². The van der Waals surface area contributed by atoms with E-state index in [9.17, 15) is 0 Å². The summed E-state index contributed by atoms with van der Waals surface area (Å²) in [5.74, 6) is 0.523. The standard InChI is InChI=1S/C7H7N3S/c8-7-5-2-1-4(11)3-6(5)9-10-7/h1-3,11H,(H3,8,9,10)/p-1. The summed E-state index contributed by atoms with van der Waals surface area (Å²) in [6.45, 7) is 0. The van der Waals surface area contributed by atoms with Crippen molar-refractivity contribution in [2.75, 3.05) is 5.73 Å². The van der Waals surface area contributed by atoms with Gasteiger partial charge in [0.1, 0.15) is 0 Å². The molecule has 3 nitrogen and oxygen atoms in total. The van der Waals surface area contributed by atoms with Gasteiger partial charge in [0, 0.05) is 5.39 Å². The quantitative estimate of drug-likeness (QED) is 0.572. The lowest BCUT2D eigenvalue weighted by Crippen LogP contribution is -1.83. The molecule has 0 aliphatic heterocycles. The van der Waals surface area contributed by atoms with Crippen molar-refractivity contribution >= 4 is 29.3 Å². The molecule has 0 radical (unpaired) electrons. The largest absolute Gasteiger partial charge is 0.780 e. The van der Waals surface area contributed by atoms with Gasteiger partial charge < -0.3 is 18.4 Å². The summed E-state index contributed by atoms with van der Waals surface area (Å²) in [6, 6.07) is 5.55. The summed E-state index contributed by atoms with van der Waals surface area (Å²) in [5.41, 5.74) is 6.45. The molecule has 0 aliphatic carbocycles. The van der Waals surface area contributed by atoms with Gasteiger partial charge in [-0.05, 0) is 0 Å². The van der Waals surface area contributed by atoms with E-state index in [0.717, 1.165) is 15.8 Å². The Balaban J connectivity index is 2.86. The van der Waals surface area contributed by atoms with E-state index in [1.807, 2.05) is 18.2 Å². The predicted molar refractivity (Wildman–Crippen MR) is 46.1 cm³/mol. The molecule has 0 atom stereocenters. The number of nitrogens with two attached hydrogens (primary N) is 1. The summed E-state index contributed by atoms with van der Waals surface area (Å²) >= 11 is 4.96. The molecule has 3 N–H and O–H groups in total. The number of hydrogen-bond acceptors (Lipinski definition) is 3. The van der Waals surface area contributed by atoms with Crippen molar-refractivity contribution in [3.63, 3.8) is 0 Å². The van der Waals surface area contributed by atoms with Crippen LogP contribution >= 0.6 is 0 Å². The lowest BCUT2D eigenvalue weighted by molar-refractivity contribution is 1.12. The Morgan fingerprint density at radius 2 is 2.27 bits per heavy atom. The summed E-state index contributed by atoms with van der Waals surface area (Å²) in [5, 5.41) is 7.56. The molecule has 4 heteroatoms. The van der Waals surface area contributed by atoms with Crippen molar-refractivity contribution in [1.82, 2.24) is 10.2 Å². The van der Waals surface area contributed by atoms with Crippen molar-refractivity contribution in [2.24, 2.45) is 0 Å². The van der Waals surface area contributed by atoms with Crippen LogP contribution in [0.25, 0.3) is 10.9 Å².